The molecule has 2 rings (SSSR count). The predicted molar refractivity (Wildman–Crippen MR) is 79.5 cm³/mol. The van der Waals surface area contributed by atoms with Gasteiger partial charge in [0.15, 0.2) is 0 Å². The van der Waals surface area contributed by atoms with Crippen LogP contribution in [0.2, 0.25) is 0 Å². The maximum absolute atomic E-state index is 12.4. The molecule has 1 aliphatic heterocycles. The Kier molecular flexibility index (Phi) is 4.11. The van der Waals surface area contributed by atoms with Gasteiger partial charge < -0.3 is 4.90 Å². The second kappa shape index (κ2) is 5.51. The molecule has 4 nitrogen and oxygen atoms in total. The maximum atomic E-state index is 12.4. The Balaban J connectivity index is 2.14. The van der Waals surface area contributed by atoms with Gasteiger partial charge in [-0.05, 0) is 32.3 Å². The molecule has 1 aromatic rings. The molecule has 0 radical (unpaired) electrons. The average Bonchev–Trinajstić information content (AvgIpc) is 2.40. The molecule has 0 bridgehead atoms. The number of aryl methyl sites for hydroxylation is 2. The van der Waals surface area contributed by atoms with E-state index in [2.05, 4.69) is 9.97 Å². The van der Waals surface area contributed by atoms with Crippen molar-refractivity contribution in [3.8, 4) is 0 Å². The smallest absolute Gasteiger partial charge is 0.227 e. The minimum Gasteiger partial charge on any atom is -0.342 e. The van der Waals surface area contributed by atoms with Crippen LogP contribution in [-0.4, -0.2) is 33.9 Å². The van der Waals surface area contributed by atoms with E-state index >= 15 is 0 Å². The molecule has 0 N–H and O–H groups in total. The lowest BCUT2D eigenvalue weighted by Crippen LogP contribution is -2.44. The average molecular weight is 275 g/mol. The summed E-state index contributed by atoms with van der Waals surface area (Å²) in [4.78, 5) is 23.5. The molecule has 1 atom stereocenters. The van der Waals surface area contributed by atoms with Crippen LogP contribution >= 0.6 is 0 Å². The van der Waals surface area contributed by atoms with E-state index in [9.17, 15) is 4.79 Å². The molecule has 1 aromatic heterocycles. The summed E-state index contributed by atoms with van der Waals surface area (Å²) in [6, 6.07) is 0. The maximum Gasteiger partial charge on any atom is 0.227 e. The highest BCUT2D eigenvalue weighted by atomic mass is 16.2. The molecule has 4 heteroatoms. The first-order valence-corrected chi connectivity index (χ1v) is 7.38. The number of hydrogen-bond donors (Lipinski definition) is 0. The lowest BCUT2D eigenvalue weighted by molar-refractivity contribution is -0.140. The van der Waals surface area contributed by atoms with Gasteiger partial charge in [-0.25, -0.2) is 9.97 Å². The van der Waals surface area contributed by atoms with Gasteiger partial charge in [-0.15, -0.1) is 0 Å². The Bertz CT molecular complexity index is 505. The van der Waals surface area contributed by atoms with E-state index in [0.29, 0.717) is 0 Å². The lowest BCUT2D eigenvalue weighted by atomic mass is 9.91. The number of rotatable bonds is 1. The molecule has 1 amide bonds. The van der Waals surface area contributed by atoms with Gasteiger partial charge in [0.25, 0.3) is 0 Å². The second-order valence-electron chi connectivity index (χ2n) is 6.84. The molecule has 0 spiro atoms. The Morgan fingerprint density at radius 1 is 1.35 bits per heavy atom. The predicted octanol–water partition coefficient (Wildman–Crippen LogP) is 2.85. The minimum atomic E-state index is -0.314. The van der Waals surface area contributed by atoms with Crippen LogP contribution < -0.4 is 0 Å². The van der Waals surface area contributed by atoms with Crippen molar-refractivity contribution in [2.75, 3.05) is 13.1 Å². The van der Waals surface area contributed by atoms with Gasteiger partial charge in [0.2, 0.25) is 5.91 Å². The van der Waals surface area contributed by atoms with Crippen LogP contribution in [0.1, 0.15) is 56.6 Å². The van der Waals surface area contributed by atoms with E-state index in [-0.39, 0.29) is 17.2 Å². The normalized spacial score (nSPS) is 20.1. The summed E-state index contributed by atoms with van der Waals surface area (Å²) in [6.45, 7) is 11.6. The third-order valence-corrected chi connectivity index (χ3v) is 3.96. The van der Waals surface area contributed by atoms with Crippen molar-refractivity contribution in [3.63, 3.8) is 0 Å². The zero-order chi connectivity index (χ0) is 14.9. The van der Waals surface area contributed by atoms with Gasteiger partial charge in [-0.3, -0.25) is 4.79 Å². The van der Waals surface area contributed by atoms with Crippen molar-refractivity contribution < 1.29 is 4.79 Å². The highest BCUT2D eigenvalue weighted by molar-refractivity contribution is 5.81. The van der Waals surface area contributed by atoms with E-state index in [1.807, 2.05) is 45.7 Å². The zero-order valence-electron chi connectivity index (χ0n) is 13.2. The number of piperidine rings is 1. The van der Waals surface area contributed by atoms with E-state index in [0.717, 1.165) is 43.0 Å². The monoisotopic (exact) mass is 275 g/mol. The summed E-state index contributed by atoms with van der Waals surface area (Å²) < 4.78 is 0. The second-order valence-corrected chi connectivity index (χ2v) is 6.84. The Hall–Kier alpha value is -1.45. The number of aromatic nitrogens is 2. The first-order chi connectivity index (χ1) is 9.29. The van der Waals surface area contributed by atoms with Crippen LogP contribution in [0.4, 0.5) is 0 Å². The topological polar surface area (TPSA) is 46.1 Å². The van der Waals surface area contributed by atoms with Gasteiger partial charge >= 0.3 is 0 Å². The Labute approximate surface area is 121 Å². The van der Waals surface area contributed by atoms with Gasteiger partial charge in [-0.1, -0.05) is 20.8 Å². The quantitative estimate of drug-likeness (QED) is 0.791. The standard InChI is InChI=1S/C16H25N3O/c1-11-9-17-14(18-12(11)2)13-7-6-8-19(10-13)15(20)16(3,4)5/h9,13H,6-8,10H2,1-5H3. The van der Waals surface area contributed by atoms with Gasteiger partial charge in [0.05, 0.1) is 0 Å². The molecule has 0 aliphatic carbocycles. The number of carbonyl (C=O) groups is 1. The number of hydrogen-bond acceptors (Lipinski definition) is 3. The molecular weight excluding hydrogens is 250 g/mol. The lowest BCUT2D eigenvalue weighted by Gasteiger charge is -2.36. The number of amides is 1. The van der Waals surface area contributed by atoms with Gasteiger partial charge in [0.1, 0.15) is 5.82 Å². The third kappa shape index (κ3) is 3.17. The molecular formula is C16H25N3O. The van der Waals surface area contributed by atoms with E-state index in [4.69, 9.17) is 0 Å². The molecule has 0 saturated carbocycles. The third-order valence-electron chi connectivity index (χ3n) is 3.96. The number of carbonyl (C=O) groups excluding carboxylic acids is 1. The first kappa shape index (κ1) is 14.9. The largest absolute Gasteiger partial charge is 0.342 e. The van der Waals surface area contributed by atoms with Crippen LogP contribution in [0, 0.1) is 19.3 Å². The molecule has 1 unspecified atom stereocenters. The fraction of sp³-hybridized carbons (Fsp3) is 0.688. The van der Waals surface area contributed by atoms with Crippen LogP contribution in [0.5, 0.6) is 0 Å². The highest BCUT2D eigenvalue weighted by Gasteiger charge is 2.32. The van der Waals surface area contributed by atoms with Crippen molar-refractivity contribution in [1.82, 2.24) is 14.9 Å². The van der Waals surface area contributed by atoms with Gasteiger partial charge in [-0.2, -0.15) is 0 Å². The highest BCUT2D eigenvalue weighted by Crippen LogP contribution is 2.28. The molecule has 20 heavy (non-hydrogen) atoms. The van der Waals surface area contributed by atoms with E-state index in [1.165, 1.54) is 0 Å². The van der Waals surface area contributed by atoms with E-state index in [1.54, 1.807) is 0 Å². The van der Waals surface area contributed by atoms with Crippen molar-refractivity contribution in [3.05, 3.63) is 23.3 Å². The van der Waals surface area contributed by atoms with Crippen molar-refractivity contribution in [2.45, 2.75) is 53.4 Å². The molecule has 2 heterocycles. The summed E-state index contributed by atoms with van der Waals surface area (Å²) >= 11 is 0. The SMILES string of the molecule is Cc1cnc(C2CCCN(C(=O)C(C)(C)C)C2)nc1C. The van der Waals surface area contributed by atoms with Gasteiger partial charge in [0, 0.05) is 36.3 Å². The molecule has 1 saturated heterocycles. The van der Waals surface area contributed by atoms with Crippen LogP contribution in [0.15, 0.2) is 6.20 Å². The van der Waals surface area contributed by atoms with Crippen molar-refractivity contribution >= 4 is 5.91 Å². The summed E-state index contributed by atoms with van der Waals surface area (Å²) in [5, 5.41) is 0. The molecule has 1 aliphatic rings. The zero-order valence-corrected chi connectivity index (χ0v) is 13.2. The summed E-state index contributed by atoms with van der Waals surface area (Å²) in [6.07, 6.45) is 3.99. The minimum absolute atomic E-state index is 0.228. The summed E-state index contributed by atoms with van der Waals surface area (Å²) in [5.41, 5.74) is 1.84. The molecule has 1 fully saturated rings. The summed E-state index contributed by atoms with van der Waals surface area (Å²) in [7, 11) is 0. The van der Waals surface area contributed by atoms with Crippen LogP contribution in [0.25, 0.3) is 0 Å². The van der Waals surface area contributed by atoms with Crippen LogP contribution in [-0.2, 0) is 4.79 Å². The van der Waals surface area contributed by atoms with Crippen molar-refractivity contribution in [1.29, 1.82) is 0 Å². The van der Waals surface area contributed by atoms with Crippen molar-refractivity contribution in [2.24, 2.45) is 5.41 Å². The Morgan fingerprint density at radius 3 is 2.65 bits per heavy atom. The number of nitrogens with zero attached hydrogens (tertiary/aromatic N) is 3. The molecule has 0 aromatic carbocycles. The fourth-order valence-electron chi connectivity index (χ4n) is 2.59. The Morgan fingerprint density at radius 2 is 2.05 bits per heavy atom. The first-order valence-electron chi connectivity index (χ1n) is 7.38. The number of likely N-dealkylation sites (tertiary alicyclic amines) is 1. The summed E-state index contributed by atoms with van der Waals surface area (Å²) in [5.74, 6) is 1.39. The van der Waals surface area contributed by atoms with E-state index < -0.39 is 0 Å². The van der Waals surface area contributed by atoms with Crippen LogP contribution in [0.3, 0.4) is 0 Å². The molecule has 110 valence electrons. The fourth-order valence-corrected chi connectivity index (χ4v) is 2.59.